The third-order valence-electron chi connectivity index (χ3n) is 2.80. The number of non-ortho nitro benzene ring substituents is 1. The second-order valence-corrected chi connectivity index (χ2v) is 5.14. The van der Waals surface area contributed by atoms with Gasteiger partial charge in [0.15, 0.2) is 6.61 Å². The minimum atomic E-state index is -0.490. The minimum Gasteiger partial charge on any atom is -0.484 e. The molecule has 2 rings (SSSR count). The van der Waals surface area contributed by atoms with E-state index in [1.807, 2.05) is 30.5 Å². The summed E-state index contributed by atoms with van der Waals surface area (Å²) < 4.78 is 5.31. The average Bonchev–Trinajstić information content (AvgIpc) is 2.54. The molecule has 2 aromatic carbocycles. The van der Waals surface area contributed by atoms with E-state index in [4.69, 9.17) is 4.74 Å². The highest BCUT2D eigenvalue weighted by atomic mass is 32.2. The second-order valence-electron chi connectivity index (χ2n) is 4.29. The molecule has 114 valence electrons. The Hall–Kier alpha value is -2.54. The van der Waals surface area contributed by atoms with Crippen molar-refractivity contribution >= 4 is 29.0 Å². The number of hydrogen-bond acceptors (Lipinski definition) is 5. The van der Waals surface area contributed by atoms with Crippen molar-refractivity contribution in [1.29, 1.82) is 0 Å². The zero-order chi connectivity index (χ0) is 15.9. The van der Waals surface area contributed by atoms with Crippen molar-refractivity contribution in [2.45, 2.75) is 4.90 Å². The maximum Gasteiger partial charge on any atom is 0.269 e. The molecule has 22 heavy (non-hydrogen) atoms. The third-order valence-corrected chi connectivity index (χ3v) is 3.59. The Balaban J connectivity index is 1.91. The molecule has 0 fully saturated rings. The van der Waals surface area contributed by atoms with Gasteiger partial charge in [-0.3, -0.25) is 14.9 Å². The Morgan fingerprint density at radius 3 is 2.55 bits per heavy atom. The predicted molar refractivity (Wildman–Crippen MR) is 85.4 cm³/mol. The summed E-state index contributed by atoms with van der Waals surface area (Å²) in [6, 6.07) is 13.0. The summed E-state index contributed by atoms with van der Waals surface area (Å²) >= 11 is 1.54. The molecule has 0 bridgehead atoms. The first-order valence-corrected chi connectivity index (χ1v) is 7.63. The first kappa shape index (κ1) is 15.8. The molecule has 0 aliphatic heterocycles. The monoisotopic (exact) mass is 318 g/mol. The number of nitrogens with zero attached hydrogens (tertiary/aromatic N) is 1. The normalized spacial score (nSPS) is 10.0. The van der Waals surface area contributed by atoms with Gasteiger partial charge in [-0.2, -0.15) is 0 Å². The largest absolute Gasteiger partial charge is 0.484 e. The molecule has 2 aromatic rings. The van der Waals surface area contributed by atoms with Crippen molar-refractivity contribution in [3.63, 3.8) is 0 Å². The number of para-hydroxylation sites is 1. The van der Waals surface area contributed by atoms with Crippen molar-refractivity contribution in [3.8, 4) is 5.75 Å². The highest BCUT2D eigenvalue weighted by molar-refractivity contribution is 7.98. The van der Waals surface area contributed by atoms with Gasteiger partial charge in [0.25, 0.3) is 11.6 Å². The number of amides is 1. The Kier molecular flexibility index (Phi) is 5.37. The van der Waals surface area contributed by atoms with Crippen LogP contribution in [-0.2, 0) is 4.79 Å². The maximum absolute atomic E-state index is 11.9. The molecule has 0 heterocycles. The fourth-order valence-corrected chi connectivity index (χ4v) is 2.30. The van der Waals surface area contributed by atoms with Crippen LogP contribution >= 0.6 is 11.8 Å². The Morgan fingerprint density at radius 2 is 1.91 bits per heavy atom. The highest BCUT2D eigenvalue weighted by Crippen LogP contribution is 2.24. The minimum absolute atomic E-state index is 0.0225. The fourth-order valence-electron chi connectivity index (χ4n) is 1.75. The molecule has 0 aliphatic rings. The fraction of sp³-hybridized carbons (Fsp3) is 0.133. The molecule has 7 heteroatoms. The number of anilines is 1. The molecule has 0 aliphatic carbocycles. The molecule has 0 saturated heterocycles. The number of nitro groups is 1. The number of nitro benzene ring substituents is 1. The summed E-state index contributed by atoms with van der Waals surface area (Å²) in [4.78, 5) is 22.9. The lowest BCUT2D eigenvalue weighted by Crippen LogP contribution is -2.20. The molecule has 0 unspecified atom stereocenters. The van der Waals surface area contributed by atoms with Crippen LogP contribution in [0.1, 0.15) is 0 Å². The van der Waals surface area contributed by atoms with E-state index >= 15 is 0 Å². The zero-order valence-corrected chi connectivity index (χ0v) is 12.6. The van der Waals surface area contributed by atoms with Crippen LogP contribution in [0, 0.1) is 10.1 Å². The first-order valence-electron chi connectivity index (χ1n) is 6.40. The summed E-state index contributed by atoms with van der Waals surface area (Å²) in [5, 5.41) is 13.3. The molecule has 0 aromatic heterocycles. The van der Waals surface area contributed by atoms with Gasteiger partial charge in [0.1, 0.15) is 5.75 Å². The number of benzene rings is 2. The molecule has 0 spiro atoms. The summed E-state index contributed by atoms with van der Waals surface area (Å²) in [7, 11) is 0. The van der Waals surface area contributed by atoms with E-state index in [0.29, 0.717) is 5.75 Å². The smallest absolute Gasteiger partial charge is 0.269 e. The second kappa shape index (κ2) is 7.46. The van der Waals surface area contributed by atoms with Crippen molar-refractivity contribution in [2.75, 3.05) is 18.2 Å². The van der Waals surface area contributed by atoms with Crippen LogP contribution in [-0.4, -0.2) is 23.7 Å². The quantitative estimate of drug-likeness (QED) is 0.502. The number of hydrogen-bond donors (Lipinski definition) is 1. The van der Waals surface area contributed by atoms with E-state index in [1.165, 1.54) is 36.0 Å². The van der Waals surface area contributed by atoms with E-state index in [1.54, 1.807) is 0 Å². The molecule has 6 nitrogen and oxygen atoms in total. The Morgan fingerprint density at radius 1 is 1.23 bits per heavy atom. The molecule has 0 radical (unpaired) electrons. The Labute approximate surface area is 131 Å². The van der Waals surface area contributed by atoms with Gasteiger partial charge in [0.2, 0.25) is 0 Å². The SMILES string of the molecule is CSc1ccccc1NC(=O)COc1ccc([N+](=O)[O-])cc1. The van der Waals surface area contributed by atoms with Gasteiger partial charge in [-0.25, -0.2) is 0 Å². The molecule has 0 saturated carbocycles. The molecule has 1 amide bonds. The van der Waals surface area contributed by atoms with Crippen LogP contribution in [0.5, 0.6) is 5.75 Å². The lowest BCUT2D eigenvalue weighted by Gasteiger charge is -2.10. The van der Waals surface area contributed by atoms with Crippen molar-refractivity contribution in [3.05, 3.63) is 58.6 Å². The van der Waals surface area contributed by atoms with E-state index in [0.717, 1.165) is 10.6 Å². The number of carbonyl (C=O) groups is 1. The lowest BCUT2D eigenvalue weighted by atomic mass is 10.3. The first-order chi connectivity index (χ1) is 10.6. The topological polar surface area (TPSA) is 81.5 Å². The van der Waals surface area contributed by atoms with Gasteiger partial charge < -0.3 is 10.1 Å². The number of carbonyl (C=O) groups excluding carboxylic acids is 1. The van der Waals surface area contributed by atoms with Gasteiger partial charge >= 0.3 is 0 Å². The van der Waals surface area contributed by atoms with E-state index in [-0.39, 0.29) is 18.2 Å². The van der Waals surface area contributed by atoms with Gasteiger partial charge in [-0.05, 0) is 30.5 Å². The van der Waals surface area contributed by atoms with Gasteiger partial charge in [0, 0.05) is 17.0 Å². The van der Waals surface area contributed by atoms with Crippen LogP contribution in [0.15, 0.2) is 53.4 Å². The van der Waals surface area contributed by atoms with E-state index in [9.17, 15) is 14.9 Å². The molecule has 1 N–H and O–H groups in total. The van der Waals surface area contributed by atoms with Gasteiger partial charge in [0.05, 0.1) is 10.6 Å². The molecular formula is C15H14N2O4S. The number of nitrogens with one attached hydrogen (secondary N) is 1. The lowest BCUT2D eigenvalue weighted by molar-refractivity contribution is -0.384. The summed E-state index contributed by atoms with van der Waals surface area (Å²) in [6.45, 7) is -0.166. The maximum atomic E-state index is 11.9. The van der Waals surface area contributed by atoms with Crippen molar-refractivity contribution < 1.29 is 14.5 Å². The van der Waals surface area contributed by atoms with E-state index < -0.39 is 4.92 Å². The van der Waals surface area contributed by atoms with E-state index in [2.05, 4.69) is 5.32 Å². The van der Waals surface area contributed by atoms with Crippen LogP contribution in [0.4, 0.5) is 11.4 Å². The number of ether oxygens (including phenoxy) is 1. The Bertz CT molecular complexity index is 673. The van der Waals surface area contributed by atoms with Gasteiger partial charge in [-0.15, -0.1) is 11.8 Å². The number of rotatable bonds is 6. The standard InChI is InChI=1S/C15H14N2O4S/c1-22-14-5-3-2-4-13(14)16-15(18)10-21-12-8-6-11(7-9-12)17(19)20/h2-9H,10H2,1H3,(H,16,18). The molecule has 0 atom stereocenters. The van der Waals surface area contributed by atoms with Gasteiger partial charge in [-0.1, -0.05) is 12.1 Å². The predicted octanol–water partition coefficient (Wildman–Crippen LogP) is 3.33. The summed E-state index contributed by atoms with van der Waals surface area (Å²) in [6.07, 6.45) is 1.93. The van der Waals surface area contributed by atoms with Crippen molar-refractivity contribution in [1.82, 2.24) is 0 Å². The van der Waals surface area contributed by atoms with Crippen LogP contribution in [0.2, 0.25) is 0 Å². The third kappa shape index (κ3) is 4.23. The van der Waals surface area contributed by atoms with Crippen LogP contribution in [0.3, 0.4) is 0 Å². The summed E-state index contributed by atoms with van der Waals surface area (Å²) in [5.74, 6) is 0.110. The summed E-state index contributed by atoms with van der Waals surface area (Å²) in [5.41, 5.74) is 0.706. The molecular weight excluding hydrogens is 304 g/mol. The van der Waals surface area contributed by atoms with Crippen LogP contribution in [0.25, 0.3) is 0 Å². The number of thioether (sulfide) groups is 1. The highest BCUT2D eigenvalue weighted by Gasteiger charge is 2.08. The van der Waals surface area contributed by atoms with Crippen LogP contribution < -0.4 is 10.1 Å². The average molecular weight is 318 g/mol. The zero-order valence-electron chi connectivity index (χ0n) is 11.8. The van der Waals surface area contributed by atoms with Crippen molar-refractivity contribution in [2.24, 2.45) is 0 Å².